The molecule has 1 aromatic carbocycles. The molecule has 0 fully saturated rings. The van der Waals surface area contributed by atoms with Gasteiger partial charge in [0.2, 0.25) is 0 Å². The van der Waals surface area contributed by atoms with Crippen LogP contribution in [-0.2, 0) is 17.8 Å². The number of carbonyl (C=O) groups excluding carboxylic acids is 2. The minimum absolute atomic E-state index is 0.316. The van der Waals surface area contributed by atoms with E-state index in [2.05, 4.69) is 9.97 Å². The van der Waals surface area contributed by atoms with E-state index in [-0.39, 0.29) is 0 Å². The Bertz CT molecular complexity index is 929. The highest BCUT2D eigenvalue weighted by atomic mass is 16.2. The molecule has 0 unspecified atom stereocenters. The van der Waals surface area contributed by atoms with Crippen molar-refractivity contribution in [2.45, 2.75) is 26.8 Å². The van der Waals surface area contributed by atoms with E-state index in [1.165, 1.54) is 0 Å². The molecular formula is C18H18N4O2. The molecule has 0 atom stereocenters. The van der Waals surface area contributed by atoms with Gasteiger partial charge in [-0.05, 0) is 18.9 Å². The summed E-state index contributed by atoms with van der Waals surface area (Å²) >= 11 is 0. The molecule has 2 aromatic heterocycles. The summed E-state index contributed by atoms with van der Waals surface area (Å²) in [5.74, 6) is -1.06. The number of primary amides is 1. The Morgan fingerprint density at radius 3 is 2.54 bits per heavy atom. The van der Waals surface area contributed by atoms with Crippen LogP contribution in [0.5, 0.6) is 0 Å². The van der Waals surface area contributed by atoms with Gasteiger partial charge in [0.15, 0.2) is 0 Å². The summed E-state index contributed by atoms with van der Waals surface area (Å²) in [5.41, 5.74) is 8.03. The third kappa shape index (κ3) is 2.67. The maximum Gasteiger partial charge on any atom is 0.289 e. The zero-order valence-electron chi connectivity index (χ0n) is 13.6. The number of carbonyl (C=O) groups is 2. The summed E-state index contributed by atoms with van der Waals surface area (Å²) in [4.78, 5) is 32.5. The Morgan fingerprint density at radius 2 is 1.92 bits per heavy atom. The Morgan fingerprint density at radius 1 is 1.21 bits per heavy atom. The third-order valence-corrected chi connectivity index (χ3v) is 4.00. The fraction of sp³-hybridized carbons (Fsp3) is 0.222. The maximum atomic E-state index is 12.3. The molecule has 3 aromatic rings. The molecule has 1 amide bonds. The Kier molecular flexibility index (Phi) is 4.12. The second-order valence-corrected chi connectivity index (χ2v) is 5.59. The van der Waals surface area contributed by atoms with Crippen LogP contribution in [0.4, 0.5) is 0 Å². The van der Waals surface area contributed by atoms with Crippen LogP contribution in [0.2, 0.25) is 0 Å². The first-order chi connectivity index (χ1) is 11.5. The molecule has 2 heterocycles. The molecule has 0 spiro atoms. The van der Waals surface area contributed by atoms with E-state index >= 15 is 0 Å². The van der Waals surface area contributed by atoms with Crippen LogP contribution in [0.3, 0.4) is 0 Å². The first-order valence-electron chi connectivity index (χ1n) is 7.75. The van der Waals surface area contributed by atoms with Gasteiger partial charge in [0, 0.05) is 23.8 Å². The zero-order valence-corrected chi connectivity index (χ0v) is 13.6. The summed E-state index contributed by atoms with van der Waals surface area (Å²) in [6.07, 6.45) is 2.17. The van der Waals surface area contributed by atoms with Crippen molar-refractivity contribution in [3.8, 4) is 0 Å². The summed E-state index contributed by atoms with van der Waals surface area (Å²) in [6, 6.07) is 9.89. The number of amides is 1. The van der Waals surface area contributed by atoms with Crippen LogP contribution in [0.25, 0.3) is 11.0 Å². The topological polar surface area (TPSA) is 90.9 Å². The average molecular weight is 322 g/mol. The van der Waals surface area contributed by atoms with Gasteiger partial charge in [0.25, 0.3) is 11.7 Å². The van der Waals surface area contributed by atoms with Crippen LogP contribution in [0.15, 0.2) is 36.5 Å². The lowest BCUT2D eigenvalue weighted by molar-refractivity contribution is -0.114. The molecule has 6 nitrogen and oxygen atoms in total. The predicted octanol–water partition coefficient (Wildman–Crippen LogP) is 2.02. The molecule has 6 heteroatoms. The Balaban J connectivity index is 2.28. The highest BCUT2D eigenvalue weighted by molar-refractivity contribution is 6.44. The van der Waals surface area contributed by atoms with Crippen molar-refractivity contribution in [1.82, 2.24) is 14.5 Å². The number of nitrogens with zero attached hydrogens (tertiary/aromatic N) is 3. The quantitative estimate of drug-likeness (QED) is 0.574. The molecule has 2 N–H and O–H groups in total. The van der Waals surface area contributed by atoms with Gasteiger partial charge in [-0.25, -0.2) is 9.97 Å². The largest absolute Gasteiger partial charge is 0.363 e. The van der Waals surface area contributed by atoms with Crippen LogP contribution in [0.1, 0.15) is 34.4 Å². The molecule has 3 rings (SSSR count). The second kappa shape index (κ2) is 6.23. The molecule has 122 valence electrons. The van der Waals surface area contributed by atoms with Crippen molar-refractivity contribution in [2.75, 3.05) is 0 Å². The van der Waals surface area contributed by atoms with Gasteiger partial charge in [-0.15, -0.1) is 0 Å². The molecule has 0 aliphatic carbocycles. The van der Waals surface area contributed by atoms with E-state index < -0.39 is 11.7 Å². The van der Waals surface area contributed by atoms with E-state index in [1.54, 1.807) is 13.1 Å². The van der Waals surface area contributed by atoms with E-state index in [9.17, 15) is 9.59 Å². The van der Waals surface area contributed by atoms with E-state index in [0.717, 1.165) is 11.3 Å². The molecule has 0 radical (unpaired) electrons. The molecule has 0 saturated heterocycles. The van der Waals surface area contributed by atoms with E-state index in [1.807, 2.05) is 41.8 Å². The lowest BCUT2D eigenvalue weighted by Crippen LogP contribution is -2.24. The van der Waals surface area contributed by atoms with Crippen molar-refractivity contribution >= 4 is 22.7 Å². The summed E-state index contributed by atoms with van der Waals surface area (Å²) in [7, 11) is 0. The van der Waals surface area contributed by atoms with Gasteiger partial charge >= 0.3 is 0 Å². The van der Waals surface area contributed by atoms with Crippen molar-refractivity contribution in [3.05, 3.63) is 59.2 Å². The standard InChI is InChI=1S/C18H18N4O2/c1-3-14-15(16(23)17(19)24)13-9-20-11(2)21-18(13)22(14)10-12-7-5-4-6-8-12/h4-9H,3,10H2,1-2H3,(H2,19,24). The number of benzene rings is 1. The van der Waals surface area contributed by atoms with E-state index in [4.69, 9.17) is 5.73 Å². The van der Waals surface area contributed by atoms with Gasteiger partial charge in [-0.3, -0.25) is 9.59 Å². The minimum atomic E-state index is -0.968. The summed E-state index contributed by atoms with van der Waals surface area (Å²) < 4.78 is 1.97. The molecule has 0 aliphatic rings. The zero-order chi connectivity index (χ0) is 17.3. The van der Waals surface area contributed by atoms with Crippen molar-refractivity contribution in [2.24, 2.45) is 5.73 Å². The number of aryl methyl sites for hydroxylation is 1. The van der Waals surface area contributed by atoms with Crippen LogP contribution in [0, 0.1) is 6.92 Å². The Labute approximate surface area is 139 Å². The molecule has 24 heavy (non-hydrogen) atoms. The monoisotopic (exact) mass is 322 g/mol. The lowest BCUT2D eigenvalue weighted by Gasteiger charge is -2.10. The van der Waals surface area contributed by atoms with Crippen molar-refractivity contribution < 1.29 is 9.59 Å². The number of hydrogen-bond acceptors (Lipinski definition) is 4. The number of aromatic nitrogens is 3. The predicted molar refractivity (Wildman–Crippen MR) is 90.7 cm³/mol. The van der Waals surface area contributed by atoms with E-state index in [0.29, 0.717) is 35.4 Å². The summed E-state index contributed by atoms with van der Waals surface area (Å²) in [6.45, 7) is 4.29. The van der Waals surface area contributed by atoms with Crippen LogP contribution >= 0.6 is 0 Å². The summed E-state index contributed by atoms with van der Waals surface area (Å²) in [5, 5.41) is 0.567. The number of nitrogens with two attached hydrogens (primary N) is 1. The van der Waals surface area contributed by atoms with Crippen molar-refractivity contribution in [1.29, 1.82) is 0 Å². The normalized spacial score (nSPS) is 10.9. The molecule has 0 saturated carbocycles. The highest BCUT2D eigenvalue weighted by Gasteiger charge is 2.25. The number of fused-ring (bicyclic) bond motifs is 1. The molecule has 0 aliphatic heterocycles. The first-order valence-corrected chi connectivity index (χ1v) is 7.75. The highest BCUT2D eigenvalue weighted by Crippen LogP contribution is 2.26. The fourth-order valence-electron chi connectivity index (χ4n) is 2.94. The number of hydrogen-bond donors (Lipinski definition) is 1. The molecular weight excluding hydrogens is 304 g/mol. The maximum absolute atomic E-state index is 12.3. The van der Waals surface area contributed by atoms with Crippen LogP contribution < -0.4 is 5.73 Å². The van der Waals surface area contributed by atoms with Gasteiger partial charge in [-0.1, -0.05) is 37.3 Å². The van der Waals surface area contributed by atoms with Gasteiger partial charge in [0.05, 0.1) is 5.56 Å². The SMILES string of the molecule is CCc1c(C(=O)C(N)=O)c2cnc(C)nc2n1Cc1ccccc1. The molecule has 0 bridgehead atoms. The Hall–Kier alpha value is -3.02. The minimum Gasteiger partial charge on any atom is -0.363 e. The van der Waals surface area contributed by atoms with Crippen molar-refractivity contribution in [3.63, 3.8) is 0 Å². The lowest BCUT2D eigenvalue weighted by atomic mass is 10.1. The van der Waals surface area contributed by atoms with Crippen LogP contribution in [-0.4, -0.2) is 26.2 Å². The average Bonchev–Trinajstić information content (AvgIpc) is 2.87. The second-order valence-electron chi connectivity index (χ2n) is 5.59. The number of Topliss-reactive ketones (excluding diaryl/α,β-unsaturated/α-hetero) is 1. The third-order valence-electron chi connectivity index (χ3n) is 4.00. The first kappa shape index (κ1) is 15.9. The smallest absolute Gasteiger partial charge is 0.289 e. The van der Waals surface area contributed by atoms with Gasteiger partial charge < -0.3 is 10.3 Å². The van der Waals surface area contributed by atoms with Gasteiger partial charge in [-0.2, -0.15) is 0 Å². The van der Waals surface area contributed by atoms with Gasteiger partial charge in [0.1, 0.15) is 11.5 Å². The number of rotatable bonds is 5. The fourth-order valence-corrected chi connectivity index (χ4v) is 2.94. The number of ketones is 1.